The second-order valence-electron chi connectivity index (χ2n) is 2.95. The molecule has 2 rings (SSSR count). The maximum atomic E-state index is 10.3. The lowest BCUT2D eigenvalue weighted by atomic mass is 9.42. The van der Waals surface area contributed by atoms with Crippen LogP contribution >= 0.6 is 0 Å². The quantitative estimate of drug-likeness (QED) is 0.513. The molecule has 0 radical (unpaired) electrons. The van der Waals surface area contributed by atoms with Gasteiger partial charge in [0.1, 0.15) is 0 Å². The van der Waals surface area contributed by atoms with E-state index in [0.717, 1.165) is 17.5 Å². The number of benzene rings is 1. The lowest BCUT2D eigenvalue weighted by Gasteiger charge is -2.24. The predicted molar refractivity (Wildman–Crippen MR) is 50.9 cm³/mol. The Morgan fingerprint density at radius 3 is 3.08 bits per heavy atom. The minimum absolute atomic E-state index is 0.122. The Kier molecular flexibility index (Phi) is 1.61. The van der Waals surface area contributed by atoms with Crippen molar-refractivity contribution in [1.82, 2.24) is 0 Å². The first-order valence-electron chi connectivity index (χ1n) is 3.99. The summed E-state index contributed by atoms with van der Waals surface area (Å²) in [6.07, 6.45) is 0.800. The number of hydrogen-bond acceptors (Lipinski definition) is 3. The maximum Gasteiger partial charge on any atom is 0.376 e. The topological polar surface area (TPSA) is 41.5 Å². The summed E-state index contributed by atoms with van der Waals surface area (Å²) in [5.41, 5.74) is 3.35. The lowest BCUT2D eigenvalue weighted by molar-refractivity contribution is 1.28. The van der Waals surface area contributed by atoms with Crippen LogP contribution in [-0.2, 0) is 6.32 Å². The lowest BCUT2D eigenvalue weighted by Crippen LogP contribution is -2.45. The molecule has 0 fully saturated rings. The molecule has 0 atom stereocenters. The predicted octanol–water partition coefficient (Wildman–Crippen LogP) is 0.788. The zero-order chi connectivity index (χ0) is 8.55. The van der Waals surface area contributed by atoms with Gasteiger partial charge in [-0.1, -0.05) is 17.7 Å². The van der Waals surface area contributed by atoms with E-state index < -0.39 is 0 Å². The second-order valence-corrected chi connectivity index (χ2v) is 2.95. The molecule has 0 aliphatic carbocycles. The minimum atomic E-state index is -0.122. The van der Waals surface area contributed by atoms with Gasteiger partial charge >= 0.3 is 6.85 Å². The Balaban J connectivity index is 2.46. The third-order valence-corrected chi connectivity index (χ3v) is 2.34. The summed E-state index contributed by atoms with van der Waals surface area (Å²) in [6, 6.07) is 6.00. The van der Waals surface area contributed by atoms with E-state index in [2.05, 4.69) is 10.4 Å². The SMILES string of the molecule is CNc1cccc2c1B(N=O)C2. The van der Waals surface area contributed by atoms with Crippen molar-refractivity contribution in [1.29, 1.82) is 0 Å². The fourth-order valence-electron chi connectivity index (χ4n) is 1.67. The molecule has 0 amide bonds. The number of hydrogen-bond donors (Lipinski definition) is 1. The number of rotatable bonds is 2. The number of nitrogens with one attached hydrogen (secondary N) is 1. The van der Waals surface area contributed by atoms with Gasteiger partial charge in [0, 0.05) is 12.7 Å². The van der Waals surface area contributed by atoms with Crippen LogP contribution in [0.15, 0.2) is 23.3 Å². The number of nitrogens with zero attached hydrogens (tertiary/aromatic N) is 1. The Labute approximate surface area is 71.2 Å². The molecule has 0 saturated heterocycles. The molecule has 60 valence electrons. The van der Waals surface area contributed by atoms with Gasteiger partial charge < -0.3 is 5.32 Å². The molecule has 3 nitrogen and oxygen atoms in total. The standard InChI is InChI=1S/C8H9BN2O/c1-10-7-4-2-3-6-5-9(11-12)8(6)7/h2-4,10H,5H2,1H3. The fraction of sp³-hybridized carbons (Fsp3) is 0.250. The summed E-state index contributed by atoms with van der Waals surface area (Å²) < 4.78 is 0. The van der Waals surface area contributed by atoms with Gasteiger partial charge in [-0.3, -0.25) is 0 Å². The molecule has 0 aromatic heterocycles. The summed E-state index contributed by atoms with van der Waals surface area (Å²) in [7, 11) is 1.86. The van der Waals surface area contributed by atoms with Crippen molar-refractivity contribution >= 4 is 18.0 Å². The molecule has 1 N–H and O–H groups in total. The van der Waals surface area contributed by atoms with Gasteiger partial charge in [0.2, 0.25) is 0 Å². The highest BCUT2D eigenvalue weighted by atomic mass is 16.2. The molecular weight excluding hydrogens is 151 g/mol. The van der Waals surface area contributed by atoms with Crippen molar-refractivity contribution in [2.24, 2.45) is 5.09 Å². The average molecular weight is 160 g/mol. The van der Waals surface area contributed by atoms with Crippen molar-refractivity contribution < 1.29 is 0 Å². The van der Waals surface area contributed by atoms with Crippen LogP contribution in [0.3, 0.4) is 0 Å². The van der Waals surface area contributed by atoms with Crippen molar-refractivity contribution in [3.63, 3.8) is 0 Å². The Morgan fingerprint density at radius 1 is 1.58 bits per heavy atom. The van der Waals surface area contributed by atoms with Gasteiger partial charge in [0.15, 0.2) is 0 Å². The Hall–Kier alpha value is -1.32. The van der Waals surface area contributed by atoms with Crippen LogP contribution in [0.25, 0.3) is 0 Å². The highest BCUT2D eigenvalue weighted by Gasteiger charge is 2.34. The molecule has 1 aromatic rings. The van der Waals surface area contributed by atoms with Gasteiger partial charge in [0.25, 0.3) is 0 Å². The van der Waals surface area contributed by atoms with Crippen molar-refractivity contribution in [2.75, 3.05) is 12.4 Å². The van der Waals surface area contributed by atoms with E-state index in [1.807, 2.05) is 25.2 Å². The molecule has 1 aliphatic heterocycles. The average Bonchev–Trinajstić information content (AvgIpc) is 2.07. The van der Waals surface area contributed by atoms with Crippen LogP contribution in [0.5, 0.6) is 0 Å². The van der Waals surface area contributed by atoms with Crippen molar-refractivity contribution in [3.05, 3.63) is 28.7 Å². The third-order valence-electron chi connectivity index (χ3n) is 2.34. The largest absolute Gasteiger partial charge is 0.388 e. The Bertz CT molecular complexity index is 327. The van der Waals surface area contributed by atoms with Crippen LogP contribution < -0.4 is 10.8 Å². The second kappa shape index (κ2) is 2.62. The molecule has 0 saturated carbocycles. The monoisotopic (exact) mass is 160 g/mol. The molecule has 1 heterocycles. The van der Waals surface area contributed by atoms with Crippen LogP contribution in [0.4, 0.5) is 5.69 Å². The summed E-state index contributed by atoms with van der Waals surface area (Å²) in [6.45, 7) is -0.122. The van der Waals surface area contributed by atoms with Crippen LogP contribution in [-0.4, -0.2) is 13.9 Å². The molecule has 1 aliphatic rings. The van der Waals surface area contributed by atoms with E-state index in [-0.39, 0.29) is 6.85 Å². The maximum absolute atomic E-state index is 10.3. The summed E-state index contributed by atoms with van der Waals surface area (Å²) in [4.78, 5) is 10.3. The van der Waals surface area contributed by atoms with E-state index >= 15 is 0 Å². The summed E-state index contributed by atoms with van der Waals surface area (Å²) in [5, 5.41) is 6.11. The molecule has 0 bridgehead atoms. The van der Waals surface area contributed by atoms with Crippen LogP contribution in [0, 0.1) is 4.91 Å². The fourth-order valence-corrected chi connectivity index (χ4v) is 1.67. The Morgan fingerprint density at radius 2 is 2.42 bits per heavy atom. The highest BCUT2D eigenvalue weighted by Crippen LogP contribution is 2.19. The zero-order valence-electron chi connectivity index (χ0n) is 6.87. The normalized spacial score (nSPS) is 13.2. The van der Waals surface area contributed by atoms with E-state index in [1.54, 1.807) is 0 Å². The molecule has 1 aromatic carbocycles. The first-order chi connectivity index (χ1) is 5.86. The van der Waals surface area contributed by atoms with Gasteiger partial charge in [-0.2, -0.15) is 4.91 Å². The van der Waals surface area contributed by atoms with Gasteiger partial charge in [-0.15, -0.1) is 5.09 Å². The van der Waals surface area contributed by atoms with Crippen LogP contribution in [0.2, 0.25) is 0 Å². The third kappa shape index (κ3) is 0.842. The van der Waals surface area contributed by atoms with E-state index in [4.69, 9.17) is 0 Å². The summed E-state index contributed by atoms with van der Waals surface area (Å²) >= 11 is 0. The molecule has 0 unspecified atom stereocenters. The number of anilines is 1. The smallest absolute Gasteiger partial charge is 0.376 e. The highest BCUT2D eigenvalue weighted by molar-refractivity contribution is 6.77. The minimum Gasteiger partial charge on any atom is -0.388 e. The van der Waals surface area contributed by atoms with E-state index in [9.17, 15) is 4.91 Å². The van der Waals surface area contributed by atoms with Gasteiger partial charge in [-0.05, 0) is 17.8 Å². The first kappa shape index (κ1) is 7.34. The van der Waals surface area contributed by atoms with Gasteiger partial charge in [-0.25, -0.2) is 0 Å². The number of nitroso groups, excluding NO2 is 1. The van der Waals surface area contributed by atoms with Crippen LogP contribution in [0.1, 0.15) is 5.56 Å². The van der Waals surface area contributed by atoms with E-state index in [0.29, 0.717) is 0 Å². The zero-order valence-corrected chi connectivity index (χ0v) is 6.87. The molecular formula is C8H9BN2O. The first-order valence-corrected chi connectivity index (χ1v) is 3.99. The molecule has 12 heavy (non-hydrogen) atoms. The van der Waals surface area contributed by atoms with E-state index in [1.165, 1.54) is 5.56 Å². The summed E-state index contributed by atoms with van der Waals surface area (Å²) in [5.74, 6) is 0. The van der Waals surface area contributed by atoms with Gasteiger partial charge in [0.05, 0.1) is 0 Å². The molecule has 4 heteroatoms. The van der Waals surface area contributed by atoms with Crippen molar-refractivity contribution in [3.8, 4) is 0 Å². The molecule has 0 spiro atoms. The number of fused-ring (bicyclic) bond motifs is 1. The van der Waals surface area contributed by atoms with Crippen molar-refractivity contribution in [2.45, 2.75) is 6.32 Å².